The molecule has 2 amide bonds. The largest absolute Gasteiger partial charge is 0.481 e. The van der Waals surface area contributed by atoms with Crippen molar-refractivity contribution < 1.29 is 19.5 Å². The lowest BCUT2D eigenvalue weighted by atomic mass is 10.1. The third-order valence-electron chi connectivity index (χ3n) is 4.11. The average Bonchev–Trinajstić information content (AvgIpc) is 3.05. The topological polar surface area (TPSA) is 95.5 Å². The predicted molar refractivity (Wildman–Crippen MR) is 86.9 cm³/mol. The van der Waals surface area contributed by atoms with E-state index >= 15 is 0 Å². The van der Waals surface area contributed by atoms with E-state index in [2.05, 4.69) is 10.6 Å². The molecule has 6 nitrogen and oxygen atoms in total. The first kappa shape index (κ1) is 16.0. The molecule has 0 radical (unpaired) electrons. The van der Waals surface area contributed by atoms with Gasteiger partial charge in [-0.3, -0.25) is 14.4 Å². The van der Waals surface area contributed by atoms with Crippen LogP contribution in [0.15, 0.2) is 0 Å². The minimum atomic E-state index is -0.905. The molecular weight excluding hydrogens is 316 g/mol. The monoisotopic (exact) mass is 336 g/mol. The van der Waals surface area contributed by atoms with Crippen LogP contribution >= 0.6 is 11.3 Å². The molecule has 2 aliphatic rings. The highest BCUT2D eigenvalue weighted by molar-refractivity contribution is 7.17. The molecule has 1 heterocycles. The maximum atomic E-state index is 12.5. The Morgan fingerprint density at radius 1 is 1.17 bits per heavy atom. The van der Waals surface area contributed by atoms with Gasteiger partial charge in [-0.1, -0.05) is 0 Å². The average molecular weight is 336 g/mol. The summed E-state index contributed by atoms with van der Waals surface area (Å²) in [4.78, 5) is 36.2. The zero-order valence-electron chi connectivity index (χ0n) is 12.8. The summed E-state index contributed by atoms with van der Waals surface area (Å²) < 4.78 is 0. The maximum Gasteiger partial charge on any atom is 0.303 e. The second-order valence-corrected chi connectivity index (χ2v) is 7.21. The van der Waals surface area contributed by atoms with Gasteiger partial charge in [0.25, 0.3) is 5.91 Å². The van der Waals surface area contributed by atoms with Crippen LogP contribution in [0.3, 0.4) is 0 Å². The molecule has 0 bridgehead atoms. The van der Waals surface area contributed by atoms with E-state index in [9.17, 15) is 14.4 Å². The SMILES string of the molecule is O=C(O)CCCC(=O)Nc1sc2c(c1C(=O)NC1CC1)CCC2. The van der Waals surface area contributed by atoms with Gasteiger partial charge in [-0.15, -0.1) is 11.3 Å². The van der Waals surface area contributed by atoms with Crippen LogP contribution in [-0.2, 0) is 22.4 Å². The first-order valence-electron chi connectivity index (χ1n) is 8.01. The van der Waals surface area contributed by atoms with Crippen LogP contribution in [0.5, 0.6) is 0 Å². The van der Waals surface area contributed by atoms with E-state index < -0.39 is 5.97 Å². The molecule has 124 valence electrons. The minimum absolute atomic E-state index is 0.0244. The van der Waals surface area contributed by atoms with Gasteiger partial charge in [0.15, 0.2) is 0 Å². The van der Waals surface area contributed by atoms with Gasteiger partial charge < -0.3 is 15.7 Å². The highest BCUT2D eigenvalue weighted by atomic mass is 32.1. The van der Waals surface area contributed by atoms with Gasteiger partial charge in [0.05, 0.1) is 5.56 Å². The van der Waals surface area contributed by atoms with Gasteiger partial charge in [-0.2, -0.15) is 0 Å². The zero-order valence-corrected chi connectivity index (χ0v) is 13.6. The Morgan fingerprint density at radius 3 is 2.65 bits per heavy atom. The number of aliphatic carboxylic acids is 1. The van der Waals surface area contributed by atoms with Gasteiger partial charge in [-0.05, 0) is 44.1 Å². The Balaban J connectivity index is 1.69. The molecule has 0 aromatic carbocycles. The Morgan fingerprint density at radius 2 is 1.96 bits per heavy atom. The lowest BCUT2D eigenvalue weighted by Crippen LogP contribution is -2.27. The van der Waals surface area contributed by atoms with E-state index in [1.165, 1.54) is 16.2 Å². The number of anilines is 1. The number of hydrogen-bond acceptors (Lipinski definition) is 4. The van der Waals surface area contributed by atoms with E-state index in [-0.39, 0.29) is 30.7 Å². The second kappa shape index (κ2) is 6.70. The van der Waals surface area contributed by atoms with E-state index in [0.29, 0.717) is 17.0 Å². The number of nitrogens with one attached hydrogen (secondary N) is 2. The highest BCUT2D eigenvalue weighted by Crippen LogP contribution is 2.39. The molecule has 0 atom stereocenters. The quantitative estimate of drug-likeness (QED) is 0.712. The number of hydrogen-bond donors (Lipinski definition) is 3. The Labute approximate surface area is 138 Å². The number of aryl methyl sites for hydroxylation is 1. The molecule has 3 rings (SSSR count). The fourth-order valence-electron chi connectivity index (χ4n) is 2.81. The second-order valence-electron chi connectivity index (χ2n) is 6.10. The normalized spacial score (nSPS) is 16.0. The van der Waals surface area contributed by atoms with Crippen LogP contribution < -0.4 is 10.6 Å². The predicted octanol–water partition coefficient (Wildman–Crippen LogP) is 2.32. The third kappa shape index (κ3) is 3.90. The fourth-order valence-corrected chi connectivity index (χ4v) is 4.11. The number of rotatable bonds is 7. The molecule has 0 aliphatic heterocycles. The smallest absolute Gasteiger partial charge is 0.303 e. The van der Waals surface area contributed by atoms with Crippen molar-refractivity contribution in [3.05, 3.63) is 16.0 Å². The molecule has 0 spiro atoms. The molecule has 7 heteroatoms. The van der Waals surface area contributed by atoms with E-state index in [1.54, 1.807) is 0 Å². The Kier molecular flexibility index (Phi) is 4.66. The van der Waals surface area contributed by atoms with Crippen LogP contribution in [0.2, 0.25) is 0 Å². The van der Waals surface area contributed by atoms with Crippen molar-refractivity contribution in [2.45, 2.75) is 57.4 Å². The van der Waals surface area contributed by atoms with Crippen molar-refractivity contribution in [3.63, 3.8) is 0 Å². The molecular formula is C16H20N2O4S. The first-order chi connectivity index (χ1) is 11.0. The molecule has 23 heavy (non-hydrogen) atoms. The minimum Gasteiger partial charge on any atom is -0.481 e. The van der Waals surface area contributed by atoms with Crippen molar-refractivity contribution in [3.8, 4) is 0 Å². The van der Waals surface area contributed by atoms with Gasteiger partial charge in [-0.25, -0.2) is 0 Å². The number of thiophene rings is 1. The molecule has 1 aromatic heterocycles. The van der Waals surface area contributed by atoms with Gasteiger partial charge in [0.1, 0.15) is 5.00 Å². The third-order valence-corrected chi connectivity index (χ3v) is 5.32. The van der Waals surface area contributed by atoms with Crippen LogP contribution in [0.4, 0.5) is 5.00 Å². The van der Waals surface area contributed by atoms with E-state index in [0.717, 1.165) is 37.7 Å². The summed E-state index contributed by atoms with van der Waals surface area (Å²) in [5.74, 6) is -1.23. The molecule has 0 saturated heterocycles. The summed E-state index contributed by atoms with van der Waals surface area (Å²) in [6.45, 7) is 0. The molecule has 3 N–H and O–H groups in total. The van der Waals surface area contributed by atoms with Gasteiger partial charge in [0.2, 0.25) is 5.91 Å². The summed E-state index contributed by atoms with van der Waals surface area (Å²) in [5.41, 5.74) is 1.70. The van der Waals surface area contributed by atoms with Crippen LogP contribution in [-0.4, -0.2) is 28.9 Å². The summed E-state index contributed by atoms with van der Waals surface area (Å²) in [7, 11) is 0. The molecule has 1 fully saturated rings. The maximum absolute atomic E-state index is 12.5. The van der Waals surface area contributed by atoms with Crippen molar-refractivity contribution in [1.82, 2.24) is 5.32 Å². The summed E-state index contributed by atoms with van der Waals surface area (Å²) in [6.07, 6.45) is 5.37. The number of carboxylic acid groups (broad SMARTS) is 1. The standard InChI is InChI=1S/C16H20N2O4S/c19-12(5-2-6-13(20)21)18-16-14(15(22)17-9-7-8-9)10-3-1-4-11(10)23-16/h9H,1-8H2,(H,17,22)(H,18,19)(H,20,21). The van der Waals surface area contributed by atoms with Crippen molar-refractivity contribution in [2.24, 2.45) is 0 Å². The number of carbonyl (C=O) groups is 3. The molecule has 0 unspecified atom stereocenters. The first-order valence-corrected chi connectivity index (χ1v) is 8.83. The molecule has 1 saturated carbocycles. The van der Waals surface area contributed by atoms with Crippen molar-refractivity contribution >= 4 is 34.1 Å². The summed E-state index contributed by atoms with van der Waals surface area (Å²) in [6, 6.07) is 0.276. The van der Waals surface area contributed by atoms with Crippen molar-refractivity contribution in [1.29, 1.82) is 0 Å². The number of carbonyl (C=O) groups excluding carboxylic acids is 2. The van der Waals surface area contributed by atoms with Gasteiger partial charge in [0, 0.05) is 23.8 Å². The number of fused-ring (bicyclic) bond motifs is 1. The van der Waals surface area contributed by atoms with Crippen LogP contribution in [0, 0.1) is 0 Å². The number of amides is 2. The molecule has 2 aliphatic carbocycles. The number of carboxylic acids is 1. The van der Waals surface area contributed by atoms with E-state index in [1.807, 2.05) is 0 Å². The molecule has 1 aromatic rings. The van der Waals surface area contributed by atoms with Crippen molar-refractivity contribution in [2.75, 3.05) is 5.32 Å². The lowest BCUT2D eigenvalue weighted by molar-refractivity contribution is -0.137. The highest BCUT2D eigenvalue weighted by Gasteiger charge is 2.30. The fraction of sp³-hybridized carbons (Fsp3) is 0.562. The van der Waals surface area contributed by atoms with Crippen LogP contribution in [0.25, 0.3) is 0 Å². The van der Waals surface area contributed by atoms with Gasteiger partial charge >= 0.3 is 5.97 Å². The zero-order chi connectivity index (χ0) is 16.4. The Hall–Kier alpha value is -1.89. The van der Waals surface area contributed by atoms with E-state index in [4.69, 9.17) is 5.11 Å². The Bertz CT molecular complexity index is 649. The van der Waals surface area contributed by atoms with Crippen LogP contribution in [0.1, 0.15) is 59.3 Å². The summed E-state index contributed by atoms with van der Waals surface area (Å²) >= 11 is 1.48. The lowest BCUT2D eigenvalue weighted by Gasteiger charge is -2.08. The summed E-state index contributed by atoms with van der Waals surface area (Å²) in [5, 5.41) is 15.0.